The van der Waals surface area contributed by atoms with Crippen molar-refractivity contribution in [2.45, 2.75) is 69.0 Å². The zero-order chi connectivity index (χ0) is 33.4. The molecule has 1 aliphatic rings. The predicted molar refractivity (Wildman–Crippen MR) is 188 cm³/mol. The van der Waals surface area contributed by atoms with Crippen LogP contribution < -0.4 is 9.62 Å². The molecule has 47 heavy (non-hydrogen) atoms. The second-order valence-electron chi connectivity index (χ2n) is 11.9. The average molecular weight is 693 g/mol. The van der Waals surface area contributed by atoms with E-state index in [1.54, 1.807) is 18.2 Å². The van der Waals surface area contributed by atoms with Crippen LogP contribution in [0, 0.1) is 6.92 Å². The Morgan fingerprint density at radius 1 is 0.830 bits per heavy atom. The SMILES string of the molecule is Cc1ccccc1CN(C(=O)CN(c1cccc(Cl)c1)S(=O)(=O)c1ccc(Cl)cc1)[C@H](Cc1ccccc1)C(=O)NC1CCCCC1. The summed E-state index contributed by atoms with van der Waals surface area (Å²) in [7, 11) is -4.26. The number of anilines is 1. The number of hydrogen-bond acceptors (Lipinski definition) is 4. The Kier molecular flexibility index (Phi) is 11.6. The zero-order valence-corrected chi connectivity index (χ0v) is 28.6. The maximum absolute atomic E-state index is 14.7. The van der Waals surface area contributed by atoms with E-state index in [0.717, 1.165) is 53.1 Å². The third-order valence-corrected chi connectivity index (χ3v) is 10.9. The number of carbonyl (C=O) groups is 2. The molecule has 10 heteroatoms. The Hall–Kier alpha value is -3.85. The van der Waals surface area contributed by atoms with Gasteiger partial charge >= 0.3 is 0 Å². The van der Waals surface area contributed by atoms with E-state index in [1.807, 2.05) is 61.5 Å². The smallest absolute Gasteiger partial charge is 0.264 e. The Morgan fingerprint density at radius 3 is 2.19 bits per heavy atom. The standard InChI is InChI=1S/C37H39Cl2N3O4S/c1-27-11-8-9-14-29(27)25-41(35(23-28-12-4-2-5-13-28)37(44)40-32-16-6-3-7-17-32)36(43)26-42(33-18-10-15-31(39)24-33)47(45,46)34-21-19-30(38)20-22-34/h2,4-5,8-15,18-22,24,32,35H,3,6-7,16-17,23,25-26H2,1H3,(H,40,44)/t35-/m1/s1. The Balaban J connectivity index is 1.57. The van der Waals surface area contributed by atoms with Gasteiger partial charge in [-0.15, -0.1) is 0 Å². The fraction of sp³-hybridized carbons (Fsp3) is 0.297. The highest BCUT2D eigenvalue weighted by molar-refractivity contribution is 7.92. The predicted octanol–water partition coefficient (Wildman–Crippen LogP) is 7.59. The molecule has 0 heterocycles. The molecule has 4 aromatic rings. The van der Waals surface area contributed by atoms with E-state index in [0.29, 0.717) is 10.0 Å². The van der Waals surface area contributed by atoms with Crippen LogP contribution in [0.1, 0.15) is 48.8 Å². The van der Waals surface area contributed by atoms with Crippen LogP contribution in [0.3, 0.4) is 0 Å². The highest BCUT2D eigenvalue weighted by atomic mass is 35.5. The Bertz CT molecular complexity index is 1780. The molecule has 1 atom stereocenters. The third kappa shape index (κ3) is 8.95. The highest BCUT2D eigenvalue weighted by Gasteiger charge is 2.35. The van der Waals surface area contributed by atoms with E-state index >= 15 is 0 Å². The van der Waals surface area contributed by atoms with Gasteiger partial charge in [-0.05, 0) is 78.9 Å². The summed E-state index contributed by atoms with van der Waals surface area (Å²) in [5, 5.41) is 3.93. The van der Waals surface area contributed by atoms with Gasteiger partial charge in [0, 0.05) is 29.1 Å². The summed E-state index contributed by atoms with van der Waals surface area (Å²) in [6.07, 6.45) is 5.25. The van der Waals surface area contributed by atoms with Gasteiger partial charge in [0.2, 0.25) is 11.8 Å². The molecule has 0 aliphatic heterocycles. The minimum absolute atomic E-state index is 0.0261. The molecule has 2 amide bonds. The number of amides is 2. The molecular formula is C37H39Cl2N3O4S. The summed E-state index contributed by atoms with van der Waals surface area (Å²) in [6.45, 7) is 1.51. The second-order valence-corrected chi connectivity index (χ2v) is 14.7. The van der Waals surface area contributed by atoms with E-state index in [9.17, 15) is 18.0 Å². The van der Waals surface area contributed by atoms with Crippen molar-refractivity contribution in [3.05, 3.63) is 130 Å². The zero-order valence-electron chi connectivity index (χ0n) is 26.3. The van der Waals surface area contributed by atoms with Crippen LogP contribution in [0.5, 0.6) is 0 Å². The number of halogens is 2. The lowest BCUT2D eigenvalue weighted by Gasteiger charge is -2.35. The monoisotopic (exact) mass is 691 g/mol. The maximum atomic E-state index is 14.7. The van der Waals surface area contributed by atoms with Crippen molar-refractivity contribution in [2.75, 3.05) is 10.8 Å². The van der Waals surface area contributed by atoms with E-state index in [4.69, 9.17) is 23.2 Å². The first-order valence-electron chi connectivity index (χ1n) is 15.8. The summed E-state index contributed by atoms with van der Waals surface area (Å²) in [5.74, 6) is -0.775. The van der Waals surface area contributed by atoms with Crippen molar-refractivity contribution in [2.24, 2.45) is 0 Å². The largest absolute Gasteiger partial charge is 0.352 e. The molecule has 1 aliphatic carbocycles. The molecule has 4 aromatic carbocycles. The van der Waals surface area contributed by atoms with Crippen molar-refractivity contribution in [1.82, 2.24) is 10.2 Å². The topological polar surface area (TPSA) is 86.8 Å². The minimum atomic E-state index is -4.26. The van der Waals surface area contributed by atoms with Crippen molar-refractivity contribution >= 4 is 50.7 Å². The Labute approximate surface area is 287 Å². The number of nitrogens with zero attached hydrogens (tertiary/aromatic N) is 2. The van der Waals surface area contributed by atoms with Gasteiger partial charge in [-0.1, -0.05) is 103 Å². The first-order chi connectivity index (χ1) is 22.6. The number of hydrogen-bond donors (Lipinski definition) is 1. The van der Waals surface area contributed by atoms with Gasteiger partial charge in [-0.25, -0.2) is 8.42 Å². The molecule has 1 saturated carbocycles. The van der Waals surface area contributed by atoms with E-state index < -0.39 is 28.5 Å². The summed E-state index contributed by atoms with van der Waals surface area (Å²) in [4.78, 5) is 30.4. The quantitative estimate of drug-likeness (QED) is 0.166. The molecule has 0 spiro atoms. The molecule has 7 nitrogen and oxygen atoms in total. The minimum Gasteiger partial charge on any atom is -0.352 e. The van der Waals surface area contributed by atoms with Gasteiger partial charge in [0.05, 0.1) is 10.6 Å². The van der Waals surface area contributed by atoms with Crippen molar-refractivity contribution in [3.8, 4) is 0 Å². The van der Waals surface area contributed by atoms with Crippen molar-refractivity contribution in [3.63, 3.8) is 0 Å². The molecule has 5 rings (SSSR count). The third-order valence-electron chi connectivity index (χ3n) is 8.60. The van der Waals surface area contributed by atoms with Crippen LogP contribution in [0.15, 0.2) is 108 Å². The second kappa shape index (κ2) is 15.8. The fourth-order valence-corrected chi connectivity index (χ4v) is 7.68. The van der Waals surface area contributed by atoms with Crippen LogP contribution in [0.2, 0.25) is 10.0 Å². The van der Waals surface area contributed by atoms with Crippen LogP contribution in [-0.4, -0.2) is 43.8 Å². The van der Waals surface area contributed by atoms with Crippen molar-refractivity contribution < 1.29 is 18.0 Å². The molecule has 0 unspecified atom stereocenters. The summed E-state index contributed by atoms with van der Waals surface area (Å²) < 4.78 is 29.4. The summed E-state index contributed by atoms with van der Waals surface area (Å²) in [5.41, 5.74) is 2.93. The first kappa shape index (κ1) is 34.5. The number of rotatable bonds is 12. The number of benzene rings is 4. The molecule has 0 aromatic heterocycles. The van der Waals surface area contributed by atoms with Gasteiger partial charge in [-0.3, -0.25) is 13.9 Å². The molecule has 1 fully saturated rings. The summed E-state index contributed by atoms with van der Waals surface area (Å²) >= 11 is 12.4. The molecule has 0 bridgehead atoms. The lowest BCUT2D eigenvalue weighted by Crippen LogP contribution is -2.55. The van der Waals surface area contributed by atoms with Gasteiger partial charge in [0.25, 0.3) is 10.0 Å². The van der Waals surface area contributed by atoms with Gasteiger partial charge in [0.1, 0.15) is 12.6 Å². The van der Waals surface area contributed by atoms with Gasteiger partial charge < -0.3 is 10.2 Å². The fourth-order valence-electron chi connectivity index (χ4n) is 5.96. The summed E-state index contributed by atoms with van der Waals surface area (Å²) in [6, 6.07) is 28.5. The number of aryl methyl sites for hydroxylation is 1. The number of carbonyl (C=O) groups excluding carboxylic acids is 2. The molecule has 1 N–H and O–H groups in total. The van der Waals surface area contributed by atoms with Crippen LogP contribution in [0.4, 0.5) is 5.69 Å². The van der Waals surface area contributed by atoms with Gasteiger partial charge in [-0.2, -0.15) is 0 Å². The number of sulfonamides is 1. The maximum Gasteiger partial charge on any atom is 0.264 e. The number of nitrogens with one attached hydrogen (secondary N) is 1. The van der Waals surface area contributed by atoms with Gasteiger partial charge in [0.15, 0.2) is 0 Å². The Morgan fingerprint density at radius 2 is 1.51 bits per heavy atom. The average Bonchev–Trinajstić information content (AvgIpc) is 3.07. The molecule has 0 saturated heterocycles. The van der Waals surface area contributed by atoms with E-state index in [2.05, 4.69) is 5.32 Å². The van der Waals surface area contributed by atoms with Crippen LogP contribution >= 0.6 is 23.2 Å². The lowest BCUT2D eigenvalue weighted by atomic mass is 9.94. The van der Waals surface area contributed by atoms with E-state index in [-0.39, 0.29) is 35.5 Å². The van der Waals surface area contributed by atoms with Crippen molar-refractivity contribution in [1.29, 1.82) is 0 Å². The normalized spacial score (nSPS) is 14.3. The van der Waals surface area contributed by atoms with E-state index in [1.165, 1.54) is 35.2 Å². The highest BCUT2D eigenvalue weighted by Crippen LogP contribution is 2.28. The molecule has 0 radical (unpaired) electrons. The first-order valence-corrected chi connectivity index (χ1v) is 18.0. The van der Waals surface area contributed by atoms with Crippen LogP contribution in [-0.2, 0) is 32.6 Å². The molecular weight excluding hydrogens is 653 g/mol. The molecule has 246 valence electrons. The lowest BCUT2D eigenvalue weighted by molar-refractivity contribution is -0.140. The van der Waals surface area contributed by atoms with Crippen LogP contribution in [0.25, 0.3) is 0 Å².